The van der Waals surface area contributed by atoms with E-state index in [2.05, 4.69) is 5.32 Å². The Bertz CT molecular complexity index is 989. The first-order valence-electron chi connectivity index (χ1n) is 9.63. The van der Waals surface area contributed by atoms with Crippen LogP contribution in [0.1, 0.15) is 24.1 Å². The van der Waals surface area contributed by atoms with Crippen molar-refractivity contribution in [1.29, 1.82) is 0 Å². The molecule has 0 spiro atoms. The molecule has 1 aliphatic heterocycles. The summed E-state index contributed by atoms with van der Waals surface area (Å²) in [6, 6.07) is 10.2. The molecule has 1 heterocycles. The first-order valence-corrected chi connectivity index (χ1v) is 11.1. The Balaban J connectivity index is 1.59. The monoisotopic (exact) mass is 436 g/mol. The number of carbonyl (C=O) groups excluding carboxylic acids is 1. The maximum atomic E-state index is 13.0. The first kappa shape index (κ1) is 22.2. The number of hydrogen-bond acceptors (Lipinski definition) is 5. The van der Waals surface area contributed by atoms with Crippen molar-refractivity contribution in [1.82, 2.24) is 9.62 Å². The second-order valence-electron chi connectivity index (χ2n) is 7.07. The van der Waals surface area contributed by atoms with Gasteiger partial charge < -0.3 is 14.8 Å². The maximum absolute atomic E-state index is 13.0. The van der Waals surface area contributed by atoms with Crippen LogP contribution in [0.15, 0.2) is 47.4 Å². The van der Waals surface area contributed by atoms with Gasteiger partial charge in [-0.3, -0.25) is 4.79 Å². The van der Waals surface area contributed by atoms with Gasteiger partial charge in [-0.1, -0.05) is 12.1 Å². The third-order valence-electron chi connectivity index (χ3n) is 4.86. The van der Waals surface area contributed by atoms with E-state index in [1.165, 1.54) is 22.5 Å². The molecule has 1 unspecified atom stereocenters. The lowest BCUT2D eigenvalue weighted by Crippen LogP contribution is -2.40. The number of hydrogen-bond donors (Lipinski definition) is 1. The van der Waals surface area contributed by atoms with Gasteiger partial charge in [0.05, 0.1) is 24.2 Å². The zero-order valence-corrected chi connectivity index (χ0v) is 17.7. The highest BCUT2D eigenvalue weighted by Crippen LogP contribution is 2.24. The number of nitrogens with one attached hydrogen (secondary N) is 1. The summed E-state index contributed by atoms with van der Waals surface area (Å²) in [5.74, 6) is -0.244. The van der Waals surface area contributed by atoms with E-state index in [0.29, 0.717) is 37.6 Å². The molecule has 1 saturated heterocycles. The second-order valence-corrected chi connectivity index (χ2v) is 9.01. The number of aryl methyl sites for hydroxylation is 1. The number of morpholine rings is 1. The lowest BCUT2D eigenvalue weighted by Gasteiger charge is -2.26. The van der Waals surface area contributed by atoms with E-state index in [1.807, 2.05) is 0 Å². The number of benzene rings is 2. The van der Waals surface area contributed by atoms with Gasteiger partial charge in [-0.05, 0) is 55.3 Å². The zero-order valence-electron chi connectivity index (χ0n) is 16.9. The predicted octanol–water partition coefficient (Wildman–Crippen LogP) is 2.41. The van der Waals surface area contributed by atoms with E-state index in [9.17, 15) is 17.6 Å². The molecule has 0 saturated carbocycles. The molecule has 1 aliphatic rings. The van der Waals surface area contributed by atoms with E-state index in [-0.39, 0.29) is 29.3 Å². The fourth-order valence-electron chi connectivity index (χ4n) is 3.14. The molecule has 162 valence electrons. The summed E-state index contributed by atoms with van der Waals surface area (Å²) in [5, 5.41) is 2.78. The highest BCUT2D eigenvalue weighted by molar-refractivity contribution is 7.89. The van der Waals surface area contributed by atoms with Crippen LogP contribution < -0.4 is 10.1 Å². The molecular weight excluding hydrogens is 411 g/mol. The molecule has 1 amide bonds. The highest BCUT2D eigenvalue weighted by atomic mass is 32.2. The quantitative estimate of drug-likeness (QED) is 0.721. The van der Waals surface area contributed by atoms with Gasteiger partial charge in [-0.25, -0.2) is 12.8 Å². The van der Waals surface area contributed by atoms with Crippen molar-refractivity contribution < 1.29 is 27.1 Å². The lowest BCUT2D eigenvalue weighted by molar-refractivity contribution is -0.123. The Morgan fingerprint density at radius 3 is 2.50 bits per heavy atom. The van der Waals surface area contributed by atoms with Gasteiger partial charge >= 0.3 is 0 Å². The van der Waals surface area contributed by atoms with E-state index in [4.69, 9.17) is 9.47 Å². The second kappa shape index (κ2) is 9.55. The van der Waals surface area contributed by atoms with Crippen molar-refractivity contribution in [3.63, 3.8) is 0 Å². The lowest BCUT2D eigenvalue weighted by atomic mass is 10.1. The summed E-state index contributed by atoms with van der Waals surface area (Å²) >= 11 is 0. The minimum atomic E-state index is -3.59. The van der Waals surface area contributed by atoms with Crippen LogP contribution in [0.5, 0.6) is 5.75 Å². The van der Waals surface area contributed by atoms with Crippen molar-refractivity contribution in [2.45, 2.75) is 24.8 Å². The molecular formula is C21H25FN2O5S. The normalized spacial score (nSPS) is 16.1. The van der Waals surface area contributed by atoms with Crippen LogP contribution in [0.3, 0.4) is 0 Å². The summed E-state index contributed by atoms with van der Waals surface area (Å²) in [5.41, 5.74) is 1.39. The molecule has 3 rings (SSSR count). The molecule has 0 radical (unpaired) electrons. The molecule has 7 nitrogen and oxygen atoms in total. The Morgan fingerprint density at radius 2 is 1.87 bits per heavy atom. The van der Waals surface area contributed by atoms with Crippen LogP contribution in [0.4, 0.5) is 4.39 Å². The van der Waals surface area contributed by atoms with Crippen LogP contribution in [-0.4, -0.2) is 51.5 Å². The van der Waals surface area contributed by atoms with Gasteiger partial charge in [0.25, 0.3) is 5.91 Å². The number of sulfonamides is 1. The van der Waals surface area contributed by atoms with Crippen molar-refractivity contribution in [2.75, 3.05) is 32.9 Å². The number of halogens is 1. The number of amides is 1. The molecule has 0 bridgehead atoms. The van der Waals surface area contributed by atoms with Crippen LogP contribution in [0.2, 0.25) is 0 Å². The molecule has 1 atom stereocenters. The Morgan fingerprint density at radius 1 is 1.20 bits per heavy atom. The van der Waals surface area contributed by atoms with Gasteiger partial charge in [0.2, 0.25) is 10.0 Å². The standard InChI is InChI=1S/C21H25FN2O5S/c1-15-13-19(30(26,27)24-9-11-28-12-10-24)7-8-20(15)29-14-21(25)23-16(2)17-3-5-18(22)6-4-17/h3-8,13,16H,9-12,14H2,1-2H3,(H,23,25). The molecule has 2 aromatic rings. The molecule has 0 aliphatic carbocycles. The Kier molecular flexibility index (Phi) is 7.06. The summed E-state index contributed by atoms with van der Waals surface area (Å²) in [7, 11) is -3.59. The van der Waals surface area contributed by atoms with Gasteiger partial charge in [-0.2, -0.15) is 4.31 Å². The largest absolute Gasteiger partial charge is 0.484 e. The fraction of sp³-hybridized carbons (Fsp3) is 0.381. The van der Waals surface area contributed by atoms with Gasteiger partial charge in [0.15, 0.2) is 6.61 Å². The van der Waals surface area contributed by atoms with Crippen molar-refractivity contribution in [3.8, 4) is 5.75 Å². The molecule has 2 aromatic carbocycles. The van der Waals surface area contributed by atoms with Crippen molar-refractivity contribution in [2.24, 2.45) is 0 Å². The van der Waals surface area contributed by atoms with Crippen LogP contribution in [0.25, 0.3) is 0 Å². The fourth-order valence-corrected chi connectivity index (χ4v) is 4.64. The summed E-state index contributed by atoms with van der Waals surface area (Å²) in [6.45, 7) is 4.71. The number of rotatable bonds is 7. The van der Waals surface area contributed by atoms with Crippen LogP contribution >= 0.6 is 0 Å². The molecule has 1 fully saturated rings. The van der Waals surface area contributed by atoms with Crippen LogP contribution in [-0.2, 0) is 19.6 Å². The summed E-state index contributed by atoms with van der Waals surface area (Å²) in [4.78, 5) is 12.4. The van der Waals surface area contributed by atoms with E-state index >= 15 is 0 Å². The highest BCUT2D eigenvalue weighted by Gasteiger charge is 2.26. The number of ether oxygens (including phenoxy) is 2. The summed E-state index contributed by atoms with van der Waals surface area (Å²) < 4.78 is 50.7. The maximum Gasteiger partial charge on any atom is 0.258 e. The number of carbonyl (C=O) groups is 1. The van der Waals surface area contributed by atoms with Gasteiger partial charge in [-0.15, -0.1) is 0 Å². The average molecular weight is 437 g/mol. The molecule has 30 heavy (non-hydrogen) atoms. The zero-order chi connectivity index (χ0) is 21.7. The minimum Gasteiger partial charge on any atom is -0.484 e. The molecule has 0 aromatic heterocycles. The summed E-state index contributed by atoms with van der Waals surface area (Å²) in [6.07, 6.45) is 0. The van der Waals surface area contributed by atoms with E-state index in [0.717, 1.165) is 5.56 Å². The number of nitrogens with zero attached hydrogens (tertiary/aromatic N) is 1. The SMILES string of the molecule is Cc1cc(S(=O)(=O)N2CCOCC2)ccc1OCC(=O)NC(C)c1ccc(F)cc1. The third-order valence-corrected chi connectivity index (χ3v) is 6.76. The molecule has 9 heteroatoms. The first-order chi connectivity index (χ1) is 14.3. The van der Waals surface area contributed by atoms with Crippen molar-refractivity contribution in [3.05, 3.63) is 59.4 Å². The smallest absolute Gasteiger partial charge is 0.258 e. The van der Waals surface area contributed by atoms with E-state index < -0.39 is 10.0 Å². The van der Waals surface area contributed by atoms with Crippen molar-refractivity contribution >= 4 is 15.9 Å². The predicted molar refractivity (Wildman–Crippen MR) is 109 cm³/mol. The third kappa shape index (κ3) is 5.35. The average Bonchev–Trinajstić information content (AvgIpc) is 2.73. The van der Waals surface area contributed by atoms with E-state index in [1.54, 1.807) is 38.1 Å². The van der Waals surface area contributed by atoms with Gasteiger partial charge in [0.1, 0.15) is 11.6 Å². The van der Waals surface area contributed by atoms with Crippen LogP contribution in [0, 0.1) is 12.7 Å². The Hall–Kier alpha value is -2.49. The minimum absolute atomic E-state index is 0.184. The topological polar surface area (TPSA) is 84.9 Å². The Labute approximate surface area is 175 Å². The molecule has 1 N–H and O–H groups in total. The van der Waals surface area contributed by atoms with Gasteiger partial charge in [0, 0.05) is 13.1 Å².